The van der Waals surface area contributed by atoms with Crippen LogP contribution in [0.3, 0.4) is 0 Å². The molecule has 11 heteroatoms. The Labute approximate surface area is 220 Å². The highest BCUT2D eigenvalue weighted by molar-refractivity contribution is 6.31. The van der Waals surface area contributed by atoms with Crippen molar-refractivity contribution >= 4 is 29.5 Å². The van der Waals surface area contributed by atoms with Gasteiger partial charge in [0, 0.05) is 22.2 Å². The maximum Gasteiger partial charge on any atom is 0.413 e. The normalized spacial score (nSPS) is 14.5. The molecule has 0 spiro atoms. The minimum Gasteiger partial charge on any atom is -0.481 e. The monoisotopic (exact) mass is 538 g/mol. The van der Waals surface area contributed by atoms with Crippen molar-refractivity contribution < 1.29 is 28.2 Å². The molecule has 2 aromatic heterocycles. The van der Waals surface area contributed by atoms with Gasteiger partial charge < -0.3 is 9.84 Å². The molecule has 1 unspecified atom stereocenters. The van der Waals surface area contributed by atoms with Gasteiger partial charge in [-0.2, -0.15) is 4.39 Å². The first-order chi connectivity index (χ1) is 18.2. The molecule has 1 fully saturated rings. The van der Waals surface area contributed by atoms with Crippen molar-refractivity contribution in [3.8, 4) is 16.9 Å². The van der Waals surface area contributed by atoms with E-state index in [9.17, 15) is 23.5 Å². The molecule has 0 radical (unpaired) electrons. The fourth-order valence-electron chi connectivity index (χ4n) is 4.24. The van der Waals surface area contributed by atoms with Gasteiger partial charge in [-0.3, -0.25) is 15.1 Å². The largest absolute Gasteiger partial charge is 0.481 e. The second kappa shape index (κ2) is 9.86. The van der Waals surface area contributed by atoms with Gasteiger partial charge in [0.25, 0.3) is 0 Å². The van der Waals surface area contributed by atoms with E-state index in [4.69, 9.17) is 16.3 Å². The number of hydrogen-bond acceptors (Lipinski definition) is 5. The van der Waals surface area contributed by atoms with E-state index in [-0.39, 0.29) is 17.1 Å². The Bertz CT molecular complexity index is 1540. The number of amides is 1. The summed E-state index contributed by atoms with van der Waals surface area (Å²) in [6.07, 6.45) is 0.768. The van der Waals surface area contributed by atoms with E-state index in [1.165, 1.54) is 30.5 Å². The maximum absolute atomic E-state index is 14.9. The number of nitrogens with one attached hydrogen (secondary N) is 1. The summed E-state index contributed by atoms with van der Waals surface area (Å²) in [6, 6.07) is 15.3. The van der Waals surface area contributed by atoms with Gasteiger partial charge in [-0.1, -0.05) is 35.9 Å². The van der Waals surface area contributed by atoms with Crippen molar-refractivity contribution in [3.63, 3.8) is 0 Å². The molecule has 38 heavy (non-hydrogen) atoms. The molecule has 2 heterocycles. The number of benzene rings is 2. The molecule has 0 aliphatic heterocycles. The zero-order valence-electron chi connectivity index (χ0n) is 20.0. The molecule has 0 saturated heterocycles. The number of ether oxygens (including phenoxy) is 1. The lowest BCUT2D eigenvalue weighted by Gasteiger charge is -2.16. The molecule has 1 atom stereocenters. The number of carbonyl (C=O) groups is 2. The average Bonchev–Trinajstić information content (AvgIpc) is 3.62. The smallest absolute Gasteiger partial charge is 0.413 e. The first kappa shape index (κ1) is 25.3. The lowest BCUT2D eigenvalue weighted by atomic mass is 9.94. The summed E-state index contributed by atoms with van der Waals surface area (Å²) in [5, 5.41) is 16.1. The Balaban J connectivity index is 1.33. The van der Waals surface area contributed by atoms with Crippen molar-refractivity contribution in [3.05, 3.63) is 94.8 Å². The molecule has 194 valence electrons. The van der Waals surface area contributed by atoms with Gasteiger partial charge in [-0.05, 0) is 55.7 Å². The van der Waals surface area contributed by atoms with Gasteiger partial charge in [0.15, 0.2) is 0 Å². The zero-order valence-corrected chi connectivity index (χ0v) is 20.7. The number of hydrogen-bond donors (Lipinski definition) is 2. The molecule has 2 N–H and O–H groups in total. The number of carboxylic acids is 1. The van der Waals surface area contributed by atoms with E-state index in [0.717, 1.165) is 10.7 Å². The summed E-state index contributed by atoms with van der Waals surface area (Å²) in [5.74, 6) is -2.42. The van der Waals surface area contributed by atoms with Gasteiger partial charge in [0.1, 0.15) is 17.7 Å². The first-order valence-corrected chi connectivity index (χ1v) is 12.0. The lowest BCUT2D eigenvalue weighted by Crippen LogP contribution is -2.19. The molecule has 0 bridgehead atoms. The summed E-state index contributed by atoms with van der Waals surface area (Å²) >= 11 is 6.15. The molecular formula is C27H21ClF2N4O4. The summed E-state index contributed by atoms with van der Waals surface area (Å²) in [5.41, 5.74) is 0.778. The molecule has 1 saturated carbocycles. The van der Waals surface area contributed by atoms with Crippen LogP contribution in [0.25, 0.3) is 16.9 Å². The van der Waals surface area contributed by atoms with Crippen LogP contribution in [0, 0.1) is 11.8 Å². The van der Waals surface area contributed by atoms with Crippen LogP contribution in [-0.4, -0.2) is 31.9 Å². The zero-order chi connectivity index (χ0) is 27.0. The predicted octanol–water partition coefficient (Wildman–Crippen LogP) is 6.29. The quantitative estimate of drug-likeness (QED) is 0.286. The Hall–Kier alpha value is -4.31. The highest BCUT2D eigenvalue weighted by atomic mass is 35.5. The summed E-state index contributed by atoms with van der Waals surface area (Å²) in [4.78, 5) is 28.3. The van der Waals surface area contributed by atoms with E-state index in [1.807, 2.05) is 0 Å². The van der Waals surface area contributed by atoms with E-state index in [0.29, 0.717) is 34.7 Å². The predicted molar refractivity (Wildman–Crippen MR) is 135 cm³/mol. The first-order valence-electron chi connectivity index (χ1n) is 11.7. The number of pyridine rings is 1. The molecule has 1 amide bonds. The standard InChI is InChI=1S/C27H21ClF2N4O4/c1-15(18-4-2-3-5-20(18)28)38-26(37)32-24-13-23(30)33-34(24)17-7-9-22(31-14-17)19-8-6-16(12-21(19)29)27(10-11-27)25(35)36/h2-9,12-15H,10-11H2,1H3,(H,32,37)(H,35,36). The Kier molecular flexibility index (Phi) is 6.58. The number of nitrogens with zero attached hydrogens (tertiary/aromatic N) is 3. The molecule has 4 aromatic rings. The van der Waals surface area contributed by atoms with E-state index < -0.39 is 35.3 Å². The van der Waals surface area contributed by atoms with Gasteiger partial charge in [-0.25, -0.2) is 13.9 Å². The number of halogens is 3. The minimum atomic E-state index is -1.02. The van der Waals surface area contributed by atoms with Gasteiger partial charge in [0.2, 0.25) is 5.95 Å². The number of aliphatic carboxylic acids is 1. The third kappa shape index (κ3) is 4.82. The second-order valence-corrected chi connectivity index (χ2v) is 9.35. The fourth-order valence-corrected chi connectivity index (χ4v) is 4.53. The third-order valence-corrected chi connectivity index (χ3v) is 6.83. The lowest BCUT2D eigenvalue weighted by molar-refractivity contribution is -0.140. The van der Waals surface area contributed by atoms with Crippen LogP contribution >= 0.6 is 11.6 Å². The van der Waals surface area contributed by atoms with Crippen LogP contribution in [0.15, 0.2) is 66.9 Å². The Morgan fingerprint density at radius 2 is 1.89 bits per heavy atom. The summed E-state index contributed by atoms with van der Waals surface area (Å²) in [6.45, 7) is 1.65. The van der Waals surface area contributed by atoms with Gasteiger partial charge >= 0.3 is 12.1 Å². The van der Waals surface area contributed by atoms with Crippen molar-refractivity contribution in [2.45, 2.75) is 31.3 Å². The Morgan fingerprint density at radius 1 is 1.13 bits per heavy atom. The second-order valence-electron chi connectivity index (χ2n) is 8.94. The van der Waals surface area contributed by atoms with Gasteiger partial charge in [0.05, 0.1) is 23.0 Å². The maximum atomic E-state index is 14.9. The van der Waals surface area contributed by atoms with Crippen LogP contribution < -0.4 is 5.32 Å². The van der Waals surface area contributed by atoms with Crippen LogP contribution in [0.5, 0.6) is 0 Å². The topological polar surface area (TPSA) is 106 Å². The highest BCUT2D eigenvalue weighted by Gasteiger charge is 2.51. The van der Waals surface area contributed by atoms with Crippen LogP contribution in [0.1, 0.15) is 37.0 Å². The number of carboxylic acid groups (broad SMARTS) is 1. The molecular weight excluding hydrogens is 518 g/mol. The average molecular weight is 539 g/mol. The number of rotatable bonds is 7. The van der Waals surface area contributed by atoms with Crippen LogP contribution in [0.2, 0.25) is 5.02 Å². The summed E-state index contributed by atoms with van der Waals surface area (Å²) in [7, 11) is 0. The van der Waals surface area contributed by atoms with Crippen molar-refractivity contribution in [2.75, 3.05) is 5.32 Å². The molecule has 8 nitrogen and oxygen atoms in total. The van der Waals surface area contributed by atoms with Crippen LogP contribution in [-0.2, 0) is 14.9 Å². The van der Waals surface area contributed by atoms with E-state index >= 15 is 0 Å². The fraction of sp³-hybridized carbons (Fsp3) is 0.185. The molecule has 2 aromatic carbocycles. The number of anilines is 1. The molecule has 5 rings (SSSR count). The van der Waals surface area contributed by atoms with Crippen molar-refractivity contribution in [1.29, 1.82) is 0 Å². The van der Waals surface area contributed by atoms with E-state index in [1.54, 1.807) is 37.3 Å². The Morgan fingerprint density at radius 3 is 2.53 bits per heavy atom. The van der Waals surface area contributed by atoms with Crippen molar-refractivity contribution in [2.24, 2.45) is 0 Å². The van der Waals surface area contributed by atoms with Gasteiger partial charge in [-0.15, -0.1) is 5.10 Å². The van der Waals surface area contributed by atoms with Crippen LogP contribution in [0.4, 0.5) is 19.4 Å². The number of aromatic nitrogens is 3. The summed E-state index contributed by atoms with van der Waals surface area (Å²) < 4.78 is 35.4. The van der Waals surface area contributed by atoms with Crippen molar-refractivity contribution in [1.82, 2.24) is 14.8 Å². The number of carbonyl (C=O) groups excluding carboxylic acids is 1. The highest BCUT2D eigenvalue weighted by Crippen LogP contribution is 2.49. The molecule has 1 aliphatic carbocycles. The SMILES string of the molecule is CC(OC(=O)Nc1cc(F)nn1-c1ccc(-c2ccc(C3(C(=O)O)CC3)cc2F)nc1)c1ccccc1Cl. The minimum absolute atomic E-state index is 0.00709. The molecule has 1 aliphatic rings. The third-order valence-electron chi connectivity index (χ3n) is 6.49. The van der Waals surface area contributed by atoms with E-state index in [2.05, 4.69) is 15.4 Å².